The molecule has 6 nitrogen and oxygen atoms in total. The zero-order valence-corrected chi connectivity index (χ0v) is 11.7. The van der Waals surface area contributed by atoms with E-state index >= 15 is 0 Å². The van der Waals surface area contributed by atoms with E-state index in [4.69, 9.17) is 4.42 Å². The molecule has 2 amide bonds. The Bertz CT molecular complexity index is 503. The topological polar surface area (TPSA) is 91.6 Å². The summed E-state index contributed by atoms with van der Waals surface area (Å²) in [6, 6.07) is 2.83. The Balaban J connectivity index is 1.96. The van der Waals surface area contributed by atoms with Crippen LogP contribution in [0.1, 0.15) is 50.2 Å². The van der Waals surface area contributed by atoms with Crippen molar-refractivity contribution >= 4 is 12.0 Å². The third kappa shape index (κ3) is 2.95. The van der Waals surface area contributed by atoms with Crippen molar-refractivity contribution in [1.29, 1.82) is 0 Å². The minimum Gasteiger partial charge on any atom is -0.480 e. The summed E-state index contributed by atoms with van der Waals surface area (Å²) in [5.74, 6) is 0.451. The van der Waals surface area contributed by atoms with Crippen LogP contribution in [0.2, 0.25) is 0 Å². The lowest BCUT2D eigenvalue weighted by atomic mass is 9.98. The van der Waals surface area contributed by atoms with Crippen molar-refractivity contribution in [1.82, 2.24) is 10.6 Å². The quantitative estimate of drug-likeness (QED) is 0.789. The van der Waals surface area contributed by atoms with E-state index in [1.807, 2.05) is 13.0 Å². The number of hydrogen-bond donors (Lipinski definition) is 3. The number of nitrogens with one attached hydrogen (secondary N) is 2. The van der Waals surface area contributed by atoms with Crippen LogP contribution in [-0.4, -0.2) is 22.6 Å². The van der Waals surface area contributed by atoms with Crippen molar-refractivity contribution in [3.63, 3.8) is 0 Å². The number of carbonyl (C=O) groups excluding carboxylic acids is 1. The molecule has 0 aliphatic heterocycles. The molecule has 1 aromatic rings. The van der Waals surface area contributed by atoms with Crippen LogP contribution in [0.5, 0.6) is 0 Å². The number of carboxylic acid groups (broad SMARTS) is 1. The van der Waals surface area contributed by atoms with Gasteiger partial charge in [0.2, 0.25) is 0 Å². The number of rotatable bonds is 4. The number of amides is 2. The molecule has 1 heterocycles. The van der Waals surface area contributed by atoms with Crippen LogP contribution < -0.4 is 10.6 Å². The van der Waals surface area contributed by atoms with E-state index in [-0.39, 0.29) is 6.04 Å². The highest BCUT2D eigenvalue weighted by Crippen LogP contribution is 2.30. The lowest BCUT2D eigenvalue weighted by molar-refractivity contribution is -0.144. The molecule has 1 unspecified atom stereocenters. The normalized spacial score (nSPS) is 18.5. The fourth-order valence-corrected chi connectivity index (χ4v) is 2.58. The zero-order valence-electron chi connectivity index (χ0n) is 11.7. The van der Waals surface area contributed by atoms with Gasteiger partial charge in [0.25, 0.3) is 0 Å². The maximum absolute atomic E-state index is 12.0. The molecule has 1 aromatic heterocycles. The lowest BCUT2D eigenvalue weighted by Gasteiger charge is -2.26. The fraction of sp³-hybridized carbons (Fsp3) is 0.571. The first-order chi connectivity index (χ1) is 9.43. The van der Waals surface area contributed by atoms with Gasteiger partial charge in [0.1, 0.15) is 17.1 Å². The number of urea groups is 1. The predicted molar refractivity (Wildman–Crippen MR) is 72.4 cm³/mol. The summed E-state index contributed by atoms with van der Waals surface area (Å²) in [5.41, 5.74) is -1.12. The summed E-state index contributed by atoms with van der Waals surface area (Å²) >= 11 is 0. The second kappa shape index (κ2) is 5.56. The molecule has 3 N–H and O–H groups in total. The number of hydrogen-bond acceptors (Lipinski definition) is 3. The molecule has 0 spiro atoms. The van der Waals surface area contributed by atoms with Gasteiger partial charge in [0.15, 0.2) is 0 Å². The van der Waals surface area contributed by atoms with E-state index in [2.05, 4.69) is 10.6 Å². The molecular formula is C14H20N2O4. The molecule has 6 heteroatoms. The summed E-state index contributed by atoms with van der Waals surface area (Å²) in [7, 11) is 0. The molecule has 1 fully saturated rings. The highest BCUT2D eigenvalue weighted by molar-refractivity contribution is 5.86. The molecule has 1 saturated carbocycles. The largest absolute Gasteiger partial charge is 0.480 e. The zero-order chi connectivity index (χ0) is 14.8. The molecule has 110 valence electrons. The molecule has 0 saturated heterocycles. The van der Waals surface area contributed by atoms with Crippen molar-refractivity contribution in [2.45, 2.75) is 51.1 Å². The average Bonchev–Trinajstić information content (AvgIpc) is 2.98. The number of aliphatic carboxylic acids is 1. The molecule has 1 aliphatic rings. The van der Waals surface area contributed by atoms with E-state index in [0.29, 0.717) is 18.6 Å². The van der Waals surface area contributed by atoms with E-state index in [0.717, 1.165) is 18.6 Å². The SMILES string of the molecule is Cc1ccc(C(C)NC(=O)NC2(C(=O)O)CCCC2)o1. The smallest absolute Gasteiger partial charge is 0.329 e. The summed E-state index contributed by atoms with van der Waals surface area (Å²) < 4.78 is 5.43. The van der Waals surface area contributed by atoms with Crippen LogP contribution in [0.3, 0.4) is 0 Å². The first kappa shape index (κ1) is 14.4. The Kier molecular flexibility index (Phi) is 4.01. The Morgan fingerprint density at radius 1 is 1.35 bits per heavy atom. The first-order valence-electron chi connectivity index (χ1n) is 6.81. The van der Waals surface area contributed by atoms with Gasteiger partial charge in [-0.3, -0.25) is 0 Å². The van der Waals surface area contributed by atoms with Gasteiger partial charge < -0.3 is 20.2 Å². The average molecular weight is 280 g/mol. The fourth-order valence-electron chi connectivity index (χ4n) is 2.58. The van der Waals surface area contributed by atoms with Gasteiger partial charge >= 0.3 is 12.0 Å². The van der Waals surface area contributed by atoms with Gasteiger partial charge in [0, 0.05) is 0 Å². The monoisotopic (exact) mass is 280 g/mol. The van der Waals surface area contributed by atoms with E-state index < -0.39 is 17.5 Å². The summed E-state index contributed by atoms with van der Waals surface area (Å²) in [4.78, 5) is 23.3. The maximum atomic E-state index is 12.0. The van der Waals surface area contributed by atoms with Gasteiger partial charge in [-0.05, 0) is 38.8 Å². The highest BCUT2D eigenvalue weighted by atomic mass is 16.4. The minimum atomic E-state index is -1.12. The van der Waals surface area contributed by atoms with Crippen LogP contribution in [0.4, 0.5) is 4.79 Å². The lowest BCUT2D eigenvalue weighted by Crippen LogP contribution is -2.55. The summed E-state index contributed by atoms with van der Waals surface area (Å²) in [5, 5.41) is 14.6. The van der Waals surface area contributed by atoms with Crippen molar-refractivity contribution in [3.8, 4) is 0 Å². The van der Waals surface area contributed by atoms with Crippen LogP contribution in [0.15, 0.2) is 16.5 Å². The number of carbonyl (C=O) groups is 2. The second-order valence-electron chi connectivity index (χ2n) is 5.36. The molecule has 1 atom stereocenters. The van der Waals surface area contributed by atoms with Crippen molar-refractivity contribution < 1.29 is 19.1 Å². The Morgan fingerprint density at radius 2 is 2.00 bits per heavy atom. The Labute approximate surface area is 117 Å². The molecule has 2 rings (SSSR count). The first-order valence-corrected chi connectivity index (χ1v) is 6.81. The third-order valence-corrected chi connectivity index (χ3v) is 3.75. The summed E-state index contributed by atoms with van der Waals surface area (Å²) in [6.07, 6.45) is 2.59. The number of aryl methyl sites for hydroxylation is 1. The highest BCUT2D eigenvalue weighted by Gasteiger charge is 2.42. The number of carboxylic acids is 1. The van der Waals surface area contributed by atoms with Gasteiger partial charge in [-0.25, -0.2) is 9.59 Å². The minimum absolute atomic E-state index is 0.309. The Hall–Kier alpha value is -1.98. The predicted octanol–water partition coefficient (Wildman–Crippen LogP) is 2.35. The molecule has 0 bridgehead atoms. The molecule has 0 radical (unpaired) electrons. The van der Waals surface area contributed by atoms with Crippen molar-refractivity contribution in [2.24, 2.45) is 0 Å². The number of furan rings is 1. The standard InChI is InChI=1S/C14H20N2O4/c1-9-5-6-11(20-9)10(2)15-13(19)16-14(12(17)18)7-3-4-8-14/h5-6,10H,3-4,7-8H2,1-2H3,(H,17,18)(H2,15,16,19). The van der Waals surface area contributed by atoms with E-state index in [1.54, 1.807) is 13.0 Å². The second-order valence-corrected chi connectivity index (χ2v) is 5.36. The molecule has 0 aromatic carbocycles. The van der Waals surface area contributed by atoms with Crippen molar-refractivity contribution in [3.05, 3.63) is 23.7 Å². The molecule has 1 aliphatic carbocycles. The van der Waals surface area contributed by atoms with Crippen LogP contribution in [-0.2, 0) is 4.79 Å². The van der Waals surface area contributed by atoms with E-state index in [1.165, 1.54) is 0 Å². The third-order valence-electron chi connectivity index (χ3n) is 3.75. The van der Waals surface area contributed by atoms with Gasteiger partial charge in [-0.1, -0.05) is 12.8 Å². The van der Waals surface area contributed by atoms with Gasteiger partial charge in [-0.15, -0.1) is 0 Å². The van der Waals surface area contributed by atoms with Crippen LogP contribution >= 0.6 is 0 Å². The molecular weight excluding hydrogens is 260 g/mol. The summed E-state index contributed by atoms with van der Waals surface area (Å²) in [6.45, 7) is 3.62. The van der Waals surface area contributed by atoms with E-state index in [9.17, 15) is 14.7 Å². The van der Waals surface area contributed by atoms with Crippen LogP contribution in [0.25, 0.3) is 0 Å². The maximum Gasteiger partial charge on any atom is 0.329 e. The molecule has 20 heavy (non-hydrogen) atoms. The van der Waals surface area contributed by atoms with Crippen molar-refractivity contribution in [2.75, 3.05) is 0 Å². The van der Waals surface area contributed by atoms with Gasteiger partial charge in [-0.2, -0.15) is 0 Å². The van der Waals surface area contributed by atoms with Gasteiger partial charge in [0.05, 0.1) is 6.04 Å². The van der Waals surface area contributed by atoms with Crippen LogP contribution in [0, 0.1) is 6.92 Å². The Morgan fingerprint density at radius 3 is 2.50 bits per heavy atom.